The van der Waals surface area contributed by atoms with Crippen LogP contribution in [0.1, 0.15) is 5.56 Å². The number of rotatable bonds is 7. The first kappa shape index (κ1) is 21.6. The van der Waals surface area contributed by atoms with E-state index in [1.165, 1.54) is 38.5 Å². The fourth-order valence-corrected chi connectivity index (χ4v) is 3.12. The zero-order chi connectivity index (χ0) is 22.5. The van der Waals surface area contributed by atoms with Gasteiger partial charge >= 0.3 is 0 Å². The summed E-state index contributed by atoms with van der Waals surface area (Å²) in [6, 6.07) is 12.5. The van der Waals surface area contributed by atoms with E-state index >= 15 is 0 Å². The Hall–Kier alpha value is -4.14. The third-order valence-electron chi connectivity index (χ3n) is 4.65. The Morgan fingerprint density at radius 1 is 0.871 bits per heavy atom. The molecule has 0 radical (unpaired) electrons. The second-order valence-electron chi connectivity index (χ2n) is 6.51. The van der Waals surface area contributed by atoms with Crippen LogP contribution in [0.25, 0.3) is 11.1 Å². The van der Waals surface area contributed by atoms with Gasteiger partial charge < -0.3 is 19.3 Å². The van der Waals surface area contributed by atoms with E-state index in [-0.39, 0.29) is 17.1 Å². The molecule has 0 aromatic heterocycles. The molecule has 3 aromatic carbocycles. The number of nitro benzene ring substituents is 1. The van der Waals surface area contributed by atoms with Crippen molar-refractivity contribution in [2.45, 2.75) is 6.92 Å². The van der Waals surface area contributed by atoms with Crippen molar-refractivity contribution in [1.82, 2.24) is 0 Å². The maximum atomic E-state index is 10.8. The van der Waals surface area contributed by atoms with Crippen molar-refractivity contribution < 1.29 is 24.2 Å². The molecular weight excluding hydrogens is 402 g/mol. The van der Waals surface area contributed by atoms with Crippen molar-refractivity contribution in [3.05, 3.63) is 64.2 Å². The Bertz CT molecular complexity index is 1140. The van der Waals surface area contributed by atoms with Crippen LogP contribution in [0, 0.1) is 17.0 Å². The summed E-state index contributed by atoms with van der Waals surface area (Å²) in [5.74, 6) is 1.40. The molecule has 0 fully saturated rings. The predicted octanol–water partition coefficient (Wildman–Crippen LogP) is 5.72. The Kier molecular flexibility index (Phi) is 6.35. The van der Waals surface area contributed by atoms with E-state index in [0.717, 1.165) is 16.7 Å². The lowest BCUT2D eigenvalue weighted by Gasteiger charge is -2.17. The molecule has 0 aliphatic heterocycles. The van der Waals surface area contributed by atoms with Gasteiger partial charge in [-0.25, -0.2) is 0 Å². The molecule has 1 N–H and O–H groups in total. The second-order valence-corrected chi connectivity index (χ2v) is 6.51. The molecule has 0 heterocycles. The van der Waals surface area contributed by atoms with Gasteiger partial charge in [-0.15, -0.1) is 5.11 Å². The van der Waals surface area contributed by atoms with Gasteiger partial charge in [0.25, 0.3) is 5.69 Å². The third-order valence-corrected chi connectivity index (χ3v) is 4.65. The van der Waals surface area contributed by atoms with E-state index < -0.39 is 4.92 Å². The second kappa shape index (κ2) is 9.12. The van der Waals surface area contributed by atoms with Crippen LogP contribution in [0.5, 0.6) is 23.0 Å². The van der Waals surface area contributed by atoms with Gasteiger partial charge in [0, 0.05) is 17.7 Å². The van der Waals surface area contributed by atoms with Crippen LogP contribution in [0.15, 0.2) is 58.8 Å². The monoisotopic (exact) mass is 423 g/mol. The zero-order valence-electron chi connectivity index (χ0n) is 17.4. The van der Waals surface area contributed by atoms with Crippen LogP contribution < -0.4 is 14.2 Å². The molecule has 0 bridgehead atoms. The molecule has 31 heavy (non-hydrogen) atoms. The molecule has 3 aromatic rings. The quantitative estimate of drug-likeness (QED) is 0.295. The lowest BCUT2D eigenvalue weighted by molar-refractivity contribution is -0.384. The number of ether oxygens (including phenoxy) is 3. The molecule has 0 atom stereocenters. The van der Waals surface area contributed by atoms with Crippen molar-refractivity contribution in [3.63, 3.8) is 0 Å². The van der Waals surface area contributed by atoms with Crippen molar-refractivity contribution in [2.75, 3.05) is 21.3 Å². The molecule has 0 saturated carbocycles. The van der Waals surface area contributed by atoms with Gasteiger partial charge in [-0.2, -0.15) is 5.11 Å². The highest BCUT2D eigenvalue weighted by Gasteiger charge is 2.19. The summed E-state index contributed by atoms with van der Waals surface area (Å²) in [4.78, 5) is 10.3. The number of azo groups is 1. The van der Waals surface area contributed by atoms with E-state index in [1.807, 2.05) is 13.0 Å². The number of methoxy groups -OCH3 is 3. The minimum atomic E-state index is -0.491. The normalized spacial score (nSPS) is 10.8. The third kappa shape index (κ3) is 4.40. The number of hydrogen-bond acceptors (Lipinski definition) is 8. The average Bonchev–Trinajstić information content (AvgIpc) is 2.77. The number of phenolic OH excluding ortho intramolecular Hbond substituents is 1. The largest absolute Gasteiger partial charge is 0.506 e. The highest BCUT2D eigenvalue weighted by molar-refractivity contribution is 5.81. The van der Waals surface area contributed by atoms with Crippen LogP contribution in [-0.2, 0) is 0 Å². The highest BCUT2D eigenvalue weighted by Crippen LogP contribution is 2.46. The lowest BCUT2D eigenvalue weighted by Crippen LogP contribution is -1.97. The van der Waals surface area contributed by atoms with Gasteiger partial charge in [0.15, 0.2) is 11.5 Å². The molecule has 0 unspecified atom stereocenters. The maximum Gasteiger partial charge on any atom is 0.269 e. The minimum absolute atomic E-state index is 0.0417. The van der Waals surface area contributed by atoms with E-state index in [9.17, 15) is 15.2 Å². The summed E-state index contributed by atoms with van der Waals surface area (Å²) in [6.45, 7) is 1.85. The molecule has 9 heteroatoms. The zero-order valence-corrected chi connectivity index (χ0v) is 17.4. The Labute approximate surface area is 178 Å². The predicted molar refractivity (Wildman–Crippen MR) is 115 cm³/mol. The van der Waals surface area contributed by atoms with Crippen LogP contribution in [0.2, 0.25) is 0 Å². The Morgan fingerprint density at radius 2 is 1.55 bits per heavy atom. The number of aryl methyl sites for hydroxylation is 1. The number of hydrogen-bond donors (Lipinski definition) is 1. The average molecular weight is 423 g/mol. The van der Waals surface area contributed by atoms with Crippen molar-refractivity contribution in [1.29, 1.82) is 0 Å². The highest BCUT2D eigenvalue weighted by atomic mass is 16.6. The van der Waals surface area contributed by atoms with Crippen LogP contribution in [0.4, 0.5) is 17.1 Å². The maximum absolute atomic E-state index is 10.8. The molecule has 0 amide bonds. The lowest BCUT2D eigenvalue weighted by atomic mass is 9.98. The van der Waals surface area contributed by atoms with E-state index in [4.69, 9.17) is 14.2 Å². The molecule has 160 valence electrons. The first-order chi connectivity index (χ1) is 14.9. The van der Waals surface area contributed by atoms with Gasteiger partial charge in [-0.1, -0.05) is 0 Å². The number of aromatic hydroxyl groups is 1. The molecule has 0 aliphatic rings. The fourth-order valence-electron chi connectivity index (χ4n) is 3.12. The van der Waals surface area contributed by atoms with E-state index in [0.29, 0.717) is 22.9 Å². The van der Waals surface area contributed by atoms with Gasteiger partial charge in [-0.05, 0) is 54.4 Å². The Morgan fingerprint density at radius 3 is 2.13 bits per heavy atom. The number of phenols is 1. The van der Waals surface area contributed by atoms with E-state index in [1.54, 1.807) is 25.3 Å². The molecule has 0 saturated heterocycles. The topological polar surface area (TPSA) is 116 Å². The van der Waals surface area contributed by atoms with Crippen molar-refractivity contribution >= 4 is 17.1 Å². The first-order valence-electron chi connectivity index (χ1n) is 9.18. The van der Waals surface area contributed by atoms with Gasteiger partial charge in [0.05, 0.1) is 31.9 Å². The number of nitro groups is 1. The molecule has 9 nitrogen and oxygen atoms in total. The molecule has 0 spiro atoms. The molecular formula is C22H21N3O6. The minimum Gasteiger partial charge on any atom is -0.506 e. The van der Waals surface area contributed by atoms with Gasteiger partial charge in [0.1, 0.15) is 11.4 Å². The first-order valence-corrected chi connectivity index (χ1v) is 9.18. The van der Waals surface area contributed by atoms with Crippen molar-refractivity contribution in [3.8, 4) is 34.1 Å². The molecule has 0 aliphatic carbocycles. The SMILES string of the molecule is COc1ccc(-c2cc(N=Nc3ccc([N+](=O)[O-])cc3)c(O)cc2C)c(OC)c1OC. The number of benzene rings is 3. The fraction of sp³-hybridized carbons (Fsp3) is 0.182. The van der Waals surface area contributed by atoms with Crippen LogP contribution in [0.3, 0.4) is 0 Å². The van der Waals surface area contributed by atoms with E-state index in [2.05, 4.69) is 10.2 Å². The molecule has 3 rings (SSSR count). The standard InChI is InChI=1S/C22H21N3O6/c1-13-11-19(26)18(24-23-14-5-7-15(8-6-14)25(27)28)12-17(13)16-9-10-20(29-2)22(31-4)21(16)30-3/h5-12,26H,1-4H3. The summed E-state index contributed by atoms with van der Waals surface area (Å²) in [6.07, 6.45) is 0. The summed E-state index contributed by atoms with van der Waals surface area (Å²) in [5.41, 5.74) is 2.88. The Balaban J connectivity index is 2.05. The summed E-state index contributed by atoms with van der Waals surface area (Å²) < 4.78 is 16.4. The summed E-state index contributed by atoms with van der Waals surface area (Å²) in [5, 5.41) is 29.3. The summed E-state index contributed by atoms with van der Waals surface area (Å²) in [7, 11) is 4.60. The number of nitrogens with zero attached hydrogens (tertiary/aromatic N) is 3. The van der Waals surface area contributed by atoms with Gasteiger partial charge in [-0.3, -0.25) is 10.1 Å². The van der Waals surface area contributed by atoms with Crippen LogP contribution >= 0.6 is 0 Å². The summed E-state index contributed by atoms with van der Waals surface area (Å²) >= 11 is 0. The van der Waals surface area contributed by atoms with Crippen molar-refractivity contribution in [2.24, 2.45) is 10.2 Å². The smallest absolute Gasteiger partial charge is 0.269 e. The number of non-ortho nitro benzene ring substituents is 1. The van der Waals surface area contributed by atoms with Crippen LogP contribution in [-0.4, -0.2) is 31.4 Å². The van der Waals surface area contributed by atoms with Gasteiger partial charge in [0.2, 0.25) is 5.75 Å².